The molecule has 6 rings (SSSR count). The van der Waals surface area contributed by atoms with Crippen LogP contribution in [0.4, 0.5) is 16.3 Å². The number of carbonyl (C=O) groups is 1. The van der Waals surface area contributed by atoms with Crippen molar-refractivity contribution >= 4 is 28.6 Å². The minimum absolute atomic E-state index is 0.139. The summed E-state index contributed by atoms with van der Waals surface area (Å²) in [4.78, 5) is 31.1. The number of anilines is 2. The standard InChI is InChI=1S/C32H39N7O4/c1-32(2,3)43-31(41)39-16-23-27(30(39)40)24(15-34-28(23)21-9-12-33-29-22(21)10-13-38(29)6)35-26-8-7-20(19-11-14-42-18-19)25(36-26)17-37(4)5/h7-10,12-13,15,19,30,40H,11,14,16-18H2,1-6H3,(H,35,36)/t19-,30?/m0/s1. The first-order chi connectivity index (χ1) is 20.5. The zero-order valence-electron chi connectivity index (χ0n) is 25.6. The summed E-state index contributed by atoms with van der Waals surface area (Å²) in [5, 5.41) is 16.0. The van der Waals surface area contributed by atoms with Crippen LogP contribution < -0.4 is 5.32 Å². The van der Waals surface area contributed by atoms with Crippen molar-refractivity contribution in [3.05, 3.63) is 65.2 Å². The number of aliphatic hydroxyl groups excluding tert-OH is 1. The maximum Gasteiger partial charge on any atom is 0.412 e. The largest absolute Gasteiger partial charge is 0.444 e. The van der Waals surface area contributed by atoms with Gasteiger partial charge in [0.05, 0.1) is 36.4 Å². The van der Waals surface area contributed by atoms with Gasteiger partial charge in [-0.05, 0) is 65.0 Å². The number of amides is 1. The second-order valence-corrected chi connectivity index (χ2v) is 12.6. The lowest BCUT2D eigenvalue weighted by atomic mass is 9.96. The predicted octanol–water partition coefficient (Wildman–Crippen LogP) is 5.08. The topological polar surface area (TPSA) is 118 Å². The van der Waals surface area contributed by atoms with E-state index in [1.165, 1.54) is 10.5 Å². The summed E-state index contributed by atoms with van der Waals surface area (Å²) in [5.74, 6) is 0.953. The Morgan fingerprint density at radius 3 is 2.74 bits per heavy atom. The number of rotatable bonds is 6. The van der Waals surface area contributed by atoms with Crippen molar-refractivity contribution in [3.63, 3.8) is 0 Å². The van der Waals surface area contributed by atoms with Crippen LogP contribution in [0.1, 0.15) is 61.7 Å². The third-order valence-electron chi connectivity index (χ3n) is 7.86. The van der Waals surface area contributed by atoms with E-state index in [0.717, 1.165) is 40.9 Å². The molecular formula is C32H39N7O4. The Morgan fingerprint density at radius 1 is 1.21 bits per heavy atom. The Bertz CT molecular complexity index is 1670. The van der Waals surface area contributed by atoms with Gasteiger partial charge in [-0.25, -0.2) is 14.8 Å². The van der Waals surface area contributed by atoms with E-state index in [9.17, 15) is 9.90 Å². The van der Waals surface area contributed by atoms with Crippen LogP contribution >= 0.6 is 0 Å². The average molecular weight is 586 g/mol. The summed E-state index contributed by atoms with van der Waals surface area (Å²) >= 11 is 0. The van der Waals surface area contributed by atoms with Gasteiger partial charge < -0.3 is 29.4 Å². The van der Waals surface area contributed by atoms with E-state index >= 15 is 0 Å². The van der Waals surface area contributed by atoms with E-state index in [1.54, 1.807) is 12.4 Å². The summed E-state index contributed by atoms with van der Waals surface area (Å²) in [5.41, 5.74) is 5.73. The number of aryl methyl sites for hydroxylation is 1. The van der Waals surface area contributed by atoms with Gasteiger partial charge in [-0.15, -0.1) is 0 Å². The van der Waals surface area contributed by atoms with Crippen LogP contribution in [0.25, 0.3) is 22.3 Å². The molecule has 2 N–H and O–H groups in total. The summed E-state index contributed by atoms with van der Waals surface area (Å²) in [6, 6.07) is 7.99. The first-order valence-corrected chi connectivity index (χ1v) is 14.6. The highest BCUT2D eigenvalue weighted by molar-refractivity contribution is 5.94. The van der Waals surface area contributed by atoms with E-state index in [4.69, 9.17) is 19.4 Å². The molecule has 0 aromatic carbocycles. The fourth-order valence-electron chi connectivity index (χ4n) is 5.92. The van der Waals surface area contributed by atoms with Gasteiger partial charge in [0.25, 0.3) is 0 Å². The molecule has 11 heteroatoms. The fraction of sp³-hybridized carbons (Fsp3) is 0.438. The molecule has 0 saturated carbocycles. The molecule has 4 aromatic heterocycles. The van der Waals surface area contributed by atoms with Crippen LogP contribution in [0.15, 0.2) is 42.9 Å². The summed E-state index contributed by atoms with van der Waals surface area (Å²) in [6.45, 7) is 7.70. The molecule has 1 fully saturated rings. The molecule has 11 nitrogen and oxygen atoms in total. The zero-order chi connectivity index (χ0) is 30.5. The molecule has 1 amide bonds. The first-order valence-electron chi connectivity index (χ1n) is 14.6. The van der Waals surface area contributed by atoms with Crippen LogP contribution in [0.2, 0.25) is 0 Å². The monoisotopic (exact) mass is 585 g/mol. The summed E-state index contributed by atoms with van der Waals surface area (Å²) in [6.07, 6.45) is 4.56. The Kier molecular flexibility index (Phi) is 7.57. The molecule has 2 aliphatic rings. The lowest BCUT2D eigenvalue weighted by Crippen LogP contribution is -2.35. The molecule has 1 saturated heterocycles. The van der Waals surface area contributed by atoms with Gasteiger partial charge in [0.15, 0.2) is 6.23 Å². The molecule has 2 atom stereocenters. The van der Waals surface area contributed by atoms with E-state index in [-0.39, 0.29) is 6.54 Å². The van der Waals surface area contributed by atoms with Crippen molar-refractivity contribution < 1.29 is 19.4 Å². The quantitative estimate of drug-likeness (QED) is 0.319. The van der Waals surface area contributed by atoms with Gasteiger partial charge in [0, 0.05) is 60.6 Å². The van der Waals surface area contributed by atoms with Crippen molar-refractivity contribution in [2.75, 3.05) is 32.6 Å². The van der Waals surface area contributed by atoms with Crippen LogP contribution in [0, 0.1) is 0 Å². The molecule has 0 bridgehead atoms. The number of nitrogens with zero attached hydrogens (tertiary/aromatic N) is 6. The lowest BCUT2D eigenvalue weighted by Gasteiger charge is -2.26. The van der Waals surface area contributed by atoms with Crippen molar-refractivity contribution in [2.24, 2.45) is 7.05 Å². The van der Waals surface area contributed by atoms with Gasteiger partial charge in [-0.3, -0.25) is 9.88 Å². The lowest BCUT2D eigenvalue weighted by molar-refractivity contribution is -0.0255. The summed E-state index contributed by atoms with van der Waals surface area (Å²) < 4.78 is 13.3. The first kappa shape index (κ1) is 29.0. The van der Waals surface area contributed by atoms with Gasteiger partial charge in [0.1, 0.15) is 17.1 Å². The van der Waals surface area contributed by atoms with Gasteiger partial charge in [0.2, 0.25) is 0 Å². The Balaban J connectivity index is 1.43. The van der Waals surface area contributed by atoms with Gasteiger partial charge in [-0.1, -0.05) is 6.07 Å². The summed E-state index contributed by atoms with van der Waals surface area (Å²) in [7, 11) is 5.99. The number of hydrogen-bond acceptors (Lipinski definition) is 9. The number of pyridine rings is 3. The van der Waals surface area contributed by atoms with E-state index in [2.05, 4.69) is 21.3 Å². The Morgan fingerprint density at radius 2 is 2.02 bits per heavy atom. The van der Waals surface area contributed by atoms with Gasteiger partial charge >= 0.3 is 6.09 Å². The molecule has 226 valence electrons. The second-order valence-electron chi connectivity index (χ2n) is 12.6. The van der Waals surface area contributed by atoms with E-state index in [0.29, 0.717) is 41.8 Å². The Labute approximate surface area is 251 Å². The van der Waals surface area contributed by atoms with Crippen molar-refractivity contribution in [1.82, 2.24) is 29.3 Å². The van der Waals surface area contributed by atoms with Crippen molar-refractivity contribution in [1.29, 1.82) is 0 Å². The smallest absolute Gasteiger partial charge is 0.412 e. The van der Waals surface area contributed by atoms with Crippen molar-refractivity contribution in [3.8, 4) is 11.3 Å². The predicted molar refractivity (Wildman–Crippen MR) is 164 cm³/mol. The SMILES string of the molecule is CN(C)Cc1nc(Nc2cnc(-c3ccnc4c3ccn4C)c3c2C(O)N(C(=O)OC(C)(C)C)C3)ccc1[C@H]1CCOC1. The number of aliphatic hydroxyl groups is 1. The minimum Gasteiger partial charge on any atom is -0.444 e. The molecular weight excluding hydrogens is 546 g/mol. The number of fused-ring (bicyclic) bond motifs is 2. The molecule has 0 radical (unpaired) electrons. The van der Waals surface area contributed by atoms with Crippen molar-refractivity contribution in [2.45, 2.75) is 58.0 Å². The molecule has 4 aromatic rings. The minimum atomic E-state index is -1.24. The molecule has 0 spiro atoms. The van der Waals surface area contributed by atoms with Crippen LogP contribution in [0.5, 0.6) is 0 Å². The number of nitrogens with one attached hydrogen (secondary N) is 1. The van der Waals surface area contributed by atoms with Crippen LogP contribution in [-0.4, -0.2) is 73.4 Å². The number of ether oxygens (including phenoxy) is 2. The third-order valence-corrected chi connectivity index (χ3v) is 7.86. The molecule has 2 aliphatic heterocycles. The van der Waals surface area contributed by atoms with Crippen LogP contribution in [0.3, 0.4) is 0 Å². The highest BCUT2D eigenvalue weighted by Gasteiger charge is 2.39. The highest BCUT2D eigenvalue weighted by atomic mass is 16.6. The average Bonchev–Trinajstić information content (AvgIpc) is 3.68. The zero-order valence-corrected chi connectivity index (χ0v) is 25.6. The third kappa shape index (κ3) is 5.67. The number of carbonyl (C=O) groups excluding carboxylic acids is 1. The molecule has 0 aliphatic carbocycles. The normalized spacial score (nSPS) is 18.5. The molecule has 43 heavy (non-hydrogen) atoms. The fourth-order valence-corrected chi connectivity index (χ4v) is 5.92. The molecule has 1 unspecified atom stereocenters. The number of aromatic nitrogens is 4. The Hall–Kier alpha value is -4.06. The van der Waals surface area contributed by atoms with Crippen LogP contribution in [-0.2, 0) is 29.6 Å². The second kappa shape index (κ2) is 11.2. The molecule has 6 heterocycles. The highest BCUT2D eigenvalue weighted by Crippen LogP contribution is 2.43. The van der Waals surface area contributed by atoms with E-state index in [1.807, 2.05) is 70.9 Å². The maximum atomic E-state index is 13.2. The number of hydrogen-bond donors (Lipinski definition) is 2. The maximum absolute atomic E-state index is 13.2. The van der Waals surface area contributed by atoms with E-state index < -0.39 is 17.9 Å². The van der Waals surface area contributed by atoms with Gasteiger partial charge in [-0.2, -0.15) is 0 Å².